The predicted octanol–water partition coefficient (Wildman–Crippen LogP) is 4.77. The number of aryl methyl sites for hydroxylation is 1. The zero-order chi connectivity index (χ0) is 19.9. The number of rotatable bonds is 14. The van der Waals surface area contributed by atoms with Crippen molar-refractivity contribution in [2.75, 3.05) is 19.8 Å². The van der Waals surface area contributed by atoms with Crippen molar-refractivity contribution in [1.29, 1.82) is 0 Å². The van der Waals surface area contributed by atoms with Crippen LogP contribution in [0.3, 0.4) is 0 Å². The van der Waals surface area contributed by atoms with Gasteiger partial charge in [-0.3, -0.25) is 4.79 Å². The molecule has 0 atom stereocenters. The summed E-state index contributed by atoms with van der Waals surface area (Å²) in [5, 5.41) is 0. The van der Waals surface area contributed by atoms with Crippen molar-refractivity contribution in [3.63, 3.8) is 0 Å². The molecule has 0 saturated carbocycles. The van der Waals surface area contributed by atoms with E-state index in [2.05, 4.69) is 13.5 Å². The van der Waals surface area contributed by atoms with Gasteiger partial charge in [0.1, 0.15) is 5.75 Å². The van der Waals surface area contributed by atoms with E-state index in [-0.39, 0.29) is 11.9 Å². The van der Waals surface area contributed by atoms with E-state index in [1.807, 2.05) is 24.3 Å². The minimum atomic E-state index is -0.387. The predicted molar refractivity (Wildman–Crippen MR) is 106 cm³/mol. The van der Waals surface area contributed by atoms with Crippen LogP contribution in [0.5, 0.6) is 5.75 Å². The lowest BCUT2D eigenvalue weighted by Crippen LogP contribution is -2.08. The highest BCUT2D eigenvalue weighted by atomic mass is 16.5. The average molecular weight is 376 g/mol. The van der Waals surface area contributed by atoms with Gasteiger partial charge in [0.2, 0.25) is 0 Å². The van der Waals surface area contributed by atoms with Crippen LogP contribution in [0.2, 0.25) is 0 Å². The van der Waals surface area contributed by atoms with Crippen molar-refractivity contribution >= 4 is 11.9 Å². The summed E-state index contributed by atoms with van der Waals surface area (Å²) < 4.78 is 15.8. The quantitative estimate of drug-likeness (QED) is 0.266. The van der Waals surface area contributed by atoms with E-state index in [0.29, 0.717) is 44.7 Å². The Bertz CT molecular complexity index is 577. The fourth-order valence-electron chi connectivity index (χ4n) is 2.30. The maximum Gasteiger partial charge on any atom is 0.333 e. The molecule has 0 fully saturated rings. The van der Waals surface area contributed by atoms with E-state index in [4.69, 9.17) is 14.2 Å². The van der Waals surface area contributed by atoms with E-state index < -0.39 is 0 Å². The highest BCUT2D eigenvalue weighted by Crippen LogP contribution is 2.12. The minimum Gasteiger partial charge on any atom is -0.494 e. The molecule has 27 heavy (non-hydrogen) atoms. The summed E-state index contributed by atoms with van der Waals surface area (Å²) in [5.74, 6) is 0.328. The second kappa shape index (κ2) is 13.8. The van der Waals surface area contributed by atoms with Crippen LogP contribution in [0.1, 0.15) is 57.4 Å². The van der Waals surface area contributed by atoms with Crippen LogP contribution in [0.15, 0.2) is 36.4 Å². The van der Waals surface area contributed by atoms with Crippen LogP contribution in [0.4, 0.5) is 0 Å². The van der Waals surface area contributed by atoms with Crippen LogP contribution < -0.4 is 4.74 Å². The third-order valence-corrected chi connectivity index (χ3v) is 3.95. The summed E-state index contributed by atoms with van der Waals surface area (Å²) in [6, 6.07) is 8.05. The molecule has 1 rings (SSSR count). The zero-order valence-corrected chi connectivity index (χ0v) is 16.6. The Hall–Kier alpha value is -2.30. The summed E-state index contributed by atoms with van der Waals surface area (Å²) in [7, 11) is 0. The Morgan fingerprint density at radius 2 is 1.44 bits per heavy atom. The number of hydrogen-bond acceptors (Lipinski definition) is 5. The number of unbranched alkanes of at least 4 members (excludes halogenated alkanes) is 4. The second-order valence-electron chi connectivity index (χ2n) is 6.67. The Labute approximate surface area is 162 Å². The lowest BCUT2D eigenvalue weighted by atomic mass is 10.2. The molecule has 0 bridgehead atoms. The highest BCUT2D eigenvalue weighted by molar-refractivity contribution is 5.86. The van der Waals surface area contributed by atoms with Gasteiger partial charge in [0.25, 0.3) is 0 Å². The van der Waals surface area contributed by atoms with Crippen LogP contribution in [0, 0.1) is 6.92 Å². The summed E-state index contributed by atoms with van der Waals surface area (Å²) in [5.41, 5.74) is 1.61. The fourth-order valence-corrected chi connectivity index (χ4v) is 2.30. The third kappa shape index (κ3) is 11.8. The minimum absolute atomic E-state index is 0.191. The number of hydrogen-bond donors (Lipinski definition) is 0. The molecule has 1 aromatic carbocycles. The molecule has 5 heteroatoms. The molecule has 0 aromatic heterocycles. The van der Waals surface area contributed by atoms with Gasteiger partial charge >= 0.3 is 11.9 Å². The summed E-state index contributed by atoms with van der Waals surface area (Å²) >= 11 is 0. The molecule has 0 amide bonds. The molecular formula is C22H32O5. The Morgan fingerprint density at radius 3 is 2.11 bits per heavy atom. The summed E-state index contributed by atoms with van der Waals surface area (Å²) in [6.45, 7) is 8.65. The van der Waals surface area contributed by atoms with E-state index in [1.54, 1.807) is 6.92 Å². The number of ether oxygens (including phenoxy) is 3. The topological polar surface area (TPSA) is 61.8 Å². The number of esters is 2. The van der Waals surface area contributed by atoms with Gasteiger partial charge < -0.3 is 14.2 Å². The van der Waals surface area contributed by atoms with Crippen LogP contribution in [-0.4, -0.2) is 31.8 Å². The maximum atomic E-state index is 11.6. The smallest absolute Gasteiger partial charge is 0.333 e. The van der Waals surface area contributed by atoms with Crippen LogP contribution in [-0.2, 0) is 19.1 Å². The number of carbonyl (C=O) groups excluding carboxylic acids is 2. The molecule has 5 nitrogen and oxygen atoms in total. The molecule has 0 aliphatic rings. The summed E-state index contributed by atoms with van der Waals surface area (Å²) in [4.78, 5) is 22.8. The Morgan fingerprint density at radius 1 is 0.852 bits per heavy atom. The lowest BCUT2D eigenvalue weighted by Gasteiger charge is -2.07. The van der Waals surface area contributed by atoms with Crippen molar-refractivity contribution in [2.45, 2.75) is 58.8 Å². The van der Waals surface area contributed by atoms with E-state index in [1.165, 1.54) is 5.56 Å². The van der Waals surface area contributed by atoms with Gasteiger partial charge in [0, 0.05) is 12.0 Å². The van der Waals surface area contributed by atoms with Gasteiger partial charge in [0.05, 0.1) is 19.8 Å². The first kappa shape index (κ1) is 22.7. The fraction of sp³-hybridized carbons (Fsp3) is 0.545. The Balaban J connectivity index is 1.88. The zero-order valence-electron chi connectivity index (χ0n) is 16.6. The molecule has 0 unspecified atom stereocenters. The van der Waals surface area contributed by atoms with Crippen molar-refractivity contribution in [2.24, 2.45) is 0 Å². The molecule has 0 saturated heterocycles. The van der Waals surface area contributed by atoms with Gasteiger partial charge in [-0.15, -0.1) is 0 Å². The standard InChI is InChI=1S/C22H32O5/c1-18(2)22(24)27-17-9-6-10-21(23)26-16-8-5-4-7-15-25-20-13-11-19(3)12-14-20/h11-14H,1,4-10,15-17H2,2-3H3. The van der Waals surface area contributed by atoms with E-state index >= 15 is 0 Å². The first-order valence-corrected chi connectivity index (χ1v) is 9.67. The van der Waals surface area contributed by atoms with Crippen molar-refractivity contribution in [1.82, 2.24) is 0 Å². The van der Waals surface area contributed by atoms with Crippen molar-refractivity contribution < 1.29 is 23.8 Å². The molecule has 0 radical (unpaired) electrons. The third-order valence-electron chi connectivity index (χ3n) is 3.95. The molecule has 0 aliphatic carbocycles. The molecular weight excluding hydrogens is 344 g/mol. The van der Waals surface area contributed by atoms with E-state index in [0.717, 1.165) is 31.4 Å². The molecule has 0 heterocycles. The molecule has 0 aliphatic heterocycles. The van der Waals surface area contributed by atoms with Gasteiger partial charge in [-0.1, -0.05) is 24.3 Å². The van der Waals surface area contributed by atoms with Gasteiger partial charge in [0.15, 0.2) is 0 Å². The first-order valence-electron chi connectivity index (χ1n) is 9.67. The Kier molecular flexibility index (Phi) is 11.7. The van der Waals surface area contributed by atoms with Gasteiger partial charge in [-0.2, -0.15) is 0 Å². The average Bonchev–Trinajstić information content (AvgIpc) is 2.64. The summed E-state index contributed by atoms with van der Waals surface area (Å²) in [6.07, 6.45) is 5.58. The van der Waals surface area contributed by atoms with Gasteiger partial charge in [-0.05, 0) is 64.5 Å². The first-order chi connectivity index (χ1) is 13.0. The number of carbonyl (C=O) groups is 2. The maximum absolute atomic E-state index is 11.6. The van der Waals surface area contributed by atoms with Gasteiger partial charge in [-0.25, -0.2) is 4.79 Å². The SMILES string of the molecule is C=C(C)C(=O)OCCCCC(=O)OCCCCCCOc1ccc(C)cc1. The molecule has 1 aromatic rings. The second-order valence-corrected chi connectivity index (χ2v) is 6.67. The monoisotopic (exact) mass is 376 g/mol. The lowest BCUT2D eigenvalue weighted by molar-refractivity contribution is -0.143. The largest absolute Gasteiger partial charge is 0.494 e. The molecule has 0 spiro atoms. The van der Waals surface area contributed by atoms with Crippen LogP contribution >= 0.6 is 0 Å². The highest BCUT2D eigenvalue weighted by Gasteiger charge is 2.05. The van der Waals surface area contributed by atoms with Crippen molar-refractivity contribution in [3.05, 3.63) is 42.0 Å². The number of benzene rings is 1. The normalized spacial score (nSPS) is 10.3. The molecule has 0 N–H and O–H groups in total. The van der Waals surface area contributed by atoms with E-state index in [9.17, 15) is 9.59 Å². The van der Waals surface area contributed by atoms with Crippen molar-refractivity contribution in [3.8, 4) is 5.75 Å². The van der Waals surface area contributed by atoms with Crippen LogP contribution in [0.25, 0.3) is 0 Å². The molecule has 150 valence electrons.